The van der Waals surface area contributed by atoms with Crippen LogP contribution >= 0.6 is 0 Å². The molecule has 5 heteroatoms. The lowest BCUT2D eigenvalue weighted by atomic mass is 9.97. The summed E-state index contributed by atoms with van der Waals surface area (Å²) >= 11 is 0. The monoisotopic (exact) mass is 333 g/mol. The van der Waals surface area contributed by atoms with Crippen molar-refractivity contribution < 1.29 is 0 Å². The standard InChI is InChI=1S/C20H23N5/c1-13-8-19(23-18-10-15-5-2-4-14(15)9-17(13)18)25-7-3-6-16(11-25)20-21-12-22-24-20/h8-10,12,16H,2-7,11H2,1H3,(H,21,22,24). The normalized spacial score (nSPS) is 20.2. The zero-order valence-corrected chi connectivity index (χ0v) is 14.6. The summed E-state index contributed by atoms with van der Waals surface area (Å²) in [4.78, 5) is 11.8. The van der Waals surface area contributed by atoms with Crippen LogP contribution in [0.3, 0.4) is 0 Å². The number of piperidine rings is 1. The molecule has 0 saturated carbocycles. The van der Waals surface area contributed by atoms with E-state index >= 15 is 0 Å². The molecular weight excluding hydrogens is 310 g/mol. The van der Waals surface area contributed by atoms with Gasteiger partial charge < -0.3 is 4.90 Å². The van der Waals surface area contributed by atoms with E-state index in [1.54, 1.807) is 6.33 Å². The van der Waals surface area contributed by atoms with Gasteiger partial charge in [0, 0.05) is 24.4 Å². The third-order valence-electron chi connectivity index (χ3n) is 5.78. The van der Waals surface area contributed by atoms with Gasteiger partial charge in [0.1, 0.15) is 18.0 Å². The highest BCUT2D eigenvalue weighted by Gasteiger charge is 2.25. The zero-order chi connectivity index (χ0) is 16.8. The molecule has 25 heavy (non-hydrogen) atoms. The van der Waals surface area contributed by atoms with E-state index in [0.29, 0.717) is 5.92 Å². The van der Waals surface area contributed by atoms with Crippen LogP contribution in [0.25, 0.3) is 10.9 Å². The van der Waals surface area contributed by atoms with Gasteiger partial charge in [-0.3, -0.25) is 5.10 Å². The van der Waals surface area contributed by atoms with E-state index in [9.17, 15) is 0 Å². The number of hydrogen-bond acceptors (Lipinski definition) is 4. The SMILES string of the molecule is Cc1cc(N2CCCC(c3ncn[nH]3)C2)nc2cc3c(cc12)CCC3. The van der Waals surface area contributed by atoms with Gasteiger partial charge in [-0.1, -0.05) is 0 Å². The average molecular weight is 333 g/mol. The van der Waals surface area contributed by atoms with Gasteiger partial charge in [-0.15, -0.1) is 0 Å². The van der Waals surface area contributed by atoms with E-state index in [1.807, 2.05) is 0 Å². The molecule has 1 aromatic carbocycles. The summed E-state index contributed by atoms with van der Waals surface area (Å²) in [5, 5.41) is 8.37. The smallest absolute Gasteiger partial charge is 0.137 e. The molecule has 0 spiro atoms. The molecule has 5 rings (SSSR count). The Hall–Kier alpha value is -2.43. The third kappa shape index (κ3) is 2.58. The second kappa shape index (κ2) is 5.83. The first-order chi connectivity index (χ1) is 12.3. The Morgan fingerprint density at radius 2 is 2.00 bits per heavy atom. The maximum atomic E-state index is 5.03. The number of nitrogens with zero attached hydrogens (tertiary/aromatic N) is 4. The van der Waals surface area contributed by atoms with E-state index in [1.165, 1.54) is 41.3 Å². The number of anilines is 1. The average Bonchev–Trinajstić information content (AvgIpc) is 3.32. The number of nitrogens with one attached hydrogen (secondary N) is 1. The molecule has 1 atom stereocenters. The van der Waals surface area contributed by atoms with Crippen molar-refractivity contribution >= 4 is 16.7 Å². The number of H-pyrrole nitrogens is 1. The first kappa shape index (κ1) is 14.9. The number of hydrogen-bond donors (Lipinski definition) is 1. The quantitative estimate of drug-likeness (QED) is 0.779. The van der Waals surface area contributed by atoms with Gasteiger partial charge in [-0.25, -0.2) is 9.97 Å². The van der Waals surface area contributed by atoms with Crippen LogP contribution in [0.5, 0.6) is 0 Å². The Kier molecular flexibility index (Phi) is 3.47. The number of fused-ring (bicyclic) bond motifs is 2. The van der Waals surface area contributed by atoms with Gasteiger partial charge in [-0.05, 0) is 73.9 Å². The summed E-state index contributed by atoms with van der Waals surface area (Å²) in [5.74, 6) is 2.52. The Morgan fingerprint density at radius 1 is 1.12 bits per heavy atom. The number of aromatic amines is 1. The summed E-state index contributed by atoms with van der Waals surface area (Å²) in [5.41, 5.74) is 5.50. The van der Waals surface area contributed by atoms with Crippen molar-refractivity contribution in [2.24, 2.45) is 0 Å². The van der Waals surface area contributed by atoms with Gasteiger partial charge >= 0.3 is 0 Å². The van der Waals surface area contributed by atoms with Crippen molar-refractivity contribution in [3.05, 3.63) is 47.0 Å². The lowest BCUT2D eigenvalue weighted by Crippen LogP contribution is -2.35. The Morgan fingerprint density at radius 3 is 2.84 bits per heavy atom. The van der Waals surface area contributed by atoms with Gasteiger partial charge in [0.25, 0.3) is 0 Å². The van der Waals surface area contributed by atoms with Crippen LogP contribution in [0.15, 0.2) is 24.5 Å². The van der Waals surface area contributed by atoms with Crippen LogP contribution in [0, 0.1) is 6.92 Å². The molecule has 1 fully saturated rings. The molecule has 2 aliphatic rings. The molecule has 3 aromatic rings. The maximum Gasteiger partial charge on any atom is 0.137 e. The highest BCUT2D eigenvalue weighted by molar-refractivity contribution is 5.85. The maximum absolute atomic E-state index is 5.03. The lowest BCUT2D eigenvalue weighted by molar-refractivity contribution is 0.490. The second-order valence-electron chi connectivity index (χ2n) is 7.44. The summed E-state index contributed by atoms with van der Waals surface area (Å²) in [6, 6.07) is 6.95. The van der Waals surface area contributed by atoms with E-state index in [2.05, 4.69) is 45.2 Å². The van der Waals surface area contributed by atoms with Gasteiger partial charge in [0.2, 0.25) is 0 Å². The van der Waals surface area contributed by atoms with Crippen molar-refractivity contribution in [2.75, 3.05) is 18.0 Å². The summed E-state index contributed by atoms with van der Waals surface area (Å²) in [6.45, 7) is 4.23. The van der Waals surface area contributed by atoms with Gasteiger partial charge in [0.15, 0.2) is 0 Å². The fraction of sp³-hybridized carbons (Fsp3) is 0.450. The Balaban J connectivity index is 1.51. The second-order valence-corrected chi connectivity index (χ2v) is 7.44. The zero-order valence-electron chi connectivity index (χ0n) is 14.6. The topological polar surface area (TPSA) is 57.7 Å². The minimum absolute atomic E-state index is 0.411. The van der Waals surface area contributed by atoms with Crippen LogP contribution < -0.4 is 4.90 Å². The number of aryl methyl sites for hydroxylation is 3. The molecule has 0 radical (unpaired) electrons. The lowest BCUT2D eigenvalue weighted by Gasteiger charge is -2.33. The van der Waals surface area contributed by atoms with E-state index in [0.717, 1.165) is 43.1 Å². The van der Waals surface area contributed by atoms with Gasteiger partial charge in [-0.2, -0.15) is 5.10 Å². The van der Waals surface area contributed by atoms with E-state index in [-0.39, 0.29) is 0 Å². The van der Waals surface area contributed by atoms with E-state index < -0.39 is 0 Å². The number of benzene rings is 1. The molecule has 1 saturated heterocycles. The summed E-state index contributed by atoms with van der Waals surface area (Å²) in [6.07, 6.45) is 7.63. The Labute approximate surface area is 147 Å². The van der Waals surface area contributed by atoms with Crippen LogP contribution in [-0.4, -0.2) is 33.3 Å². The van der Waals surface area contributed by atoms with Crippen molar-refractivity contribution in [1.29, 1.82) is 0 Å². The summed E-state index contributed by atoms with van der Waals surface area (Å²) < 4.78 is 0. The highest BCUT2D eigenvalue weighted by atomic mass is 15.2. The fourth-order valence-electron chi connectivity index (χ4n) is 4.43. The first-order valence-electron chi connectivity index (χ1n) is 9.31. The number of rotatable bonds is 2. The molecule has 0 bridgehead atoms. The molecule has 5 nitrogen and oxygen atoms in total. The van der Waals surface area contributed by atoms with Crippen molar-refractivity contribution in [3.8, 4) is 0 Å². The van der Waals surface area contributed by atoms with Crippen LogP contribution in [-0.2, 0) is 12.8 Å². The fourth-order valence-corrected chi connectivity index (χ4v) is 4.43. The molecule has 1 unspecified atom stereocenters. The number of pyridine rings is 1. The molecule has 1 aliphatic heterocycles. The Bertz CT molecular complexity index is 915. The van der Waals surface area contributed by atoms with Crippen molar-refractivity contribution in [1.82, 2.24) is 20.2 Å². The predicted octanol–water partition coefficient (Wildman–Crippen LogP) is 3.53. The van der Waals surface area contributed by atoms with Crippen molar-refractivity contribution in [3.63, 3.8) is 0 Å². The summed E-state index contributed by atoms with van der Waals surface area (Å²) in [7, 11) is 0. The molecule has 0 amide bonds. The molecule has 1 N–H and O–H groups in total. The first-order valence-corrected chi connectivity index (χ1v) is 9.31. The molecule has 1 aliphatic carbocycles. The molecule has 2 aromatic heterocycles. The van der Waals surface area contributed by atoms with Gasteiger partial charge in [0.05, 0.1) is 5.52 Å². The van der Waals surface area contributed by atoms with Crippen LogP contribution in [0.1, 0.15) is 47.7 Å². The minimum Gasteiger partial charge on any atom is -0.356 e. The third-order valence-corrected chi connectivity index (χ3v) is 5.78. The minimum atomic E-state index is 0.411. The molecular formula is C20H23N5. The van der Waals surface area contributed by atoms with Crippen LogP contribution in [0.4, 0.5) is 5.82 Å². The number of aromatic nitrogens is 4. The van der Waals surface area contributed by atoms with Crippen molar-refractivity contribution in [2.45, 2.75) is 44.9 Å². The predicted molar refractivity (Wildman–Crippen MR) is 99.1 cm³/mol. The van der Waals surface area contributed by atoms with Crippen LogP contribution in [0.2, 0.25) is 0 Å². The molecule has 3 heterocycles. The largest absolute Gasteiger partial charge is 0.356 e. The highest BCUT2D eigenvalue weighted by Crippen LogP contribution is 2.32. The van der Waals surface area contributed by atoms with E-state index in [4.69, 9.17) is 4.98 Å². The molecule has 128 valence electrons.